The summed E-state index contributed by atoms with van der Waals surface area (Å²) in [5.41, 5.74) is 1.79. The van der Waals surface area contributed by atoms with Crippen molar-refractivity contribution in [2.75, 3.05) is 0 Å². The van der Waals surface area contributed by atoms with Crippen molar-refractivity contribution in [2.45, 2.75) is 26.4 Å². The van der Waals surface area contributed by atoms with E-state index in [9.17, 15) is 10.1 Å². The number of benzene rings is 3. The number of hydrogen-bond donors (Lipinski definition) is 0. The molecule has 3 aromatic rings. The molecule has 0 aromatic heterocycles. The largest absolute Gasteiger partial charge is 0.460 e. The van der Waals surface area contributed by atoms with Gasteiger partial charge in [-0.2, -0.15) is 5.26 Å². The van der Waals surface area contributed by atoms with Crippen LogP contribution >= 0.6 is 11.6 Å². The first-order valence-electron chi connectivity index (χ1n) is 9.66. The van der Waals surface area contributed by atoms with Gasteiger partial charge in [0.1, 0.15) is 29.7 Å². The summed E-state index contributed by atoms with van der Waals surface area (Å²) in [5.74, 6) is 0.338. The van der Waals surface area contributed by atoms with Gasteiger partial charge in [-0.25, -0.2) is 0 Å². The first kappa shape index (κ1) is 21.4. The molecule has 0 saturated heterocycles. The van der Waals surface area contributed by atoms with Crippen molar-refractivity contribution in [1.82, 2.24) is 0 Å². The molecule has 0 aliphatic rings. The number of halogens is 1. The number of carbonyl (C=O) groups excluding carboxylic acids is 1. The zero-order chi connectivity index (χ0) is 21.5. The van der Waals surface area contributed by atoms with E-state index < -0.39 is 5.92 Å². The summed E-state index contributed by atoms with van der Waals surface area (Å²) >= 11 is 5.96. The summed E-state index contributed by atoms with van der Waals surface area (Å²) < 4.78 is 11.4. The van der Waals surface area contributed by atoms with Crippen LogP contribution in [0, 0.1) is 17.2 Å². The Kier molecular flexibility index (Phi) is 7.11. The Morgan fingerprint density at radius 1 is 1.00 bits per heavy atom. The van der Waals surface area contributed by atoms with Gasteiger partial charge in [-0.05, 0) is 41.8 Å². The molecule has 30 heavy (non-hydrogen) atoms. The van der Waals surface area contributed by atoms with Crippen molar-refractivity contribution in [2.24, 2.45) is 5.92 Å². The van der Waals surface area contributed by atoms with Crippen LogP contribution in [0.3, 0.4) is 0 Å². The summed E-state index contributed by atoms with van der Waals surface area (Å²) in [6, 6.07) is 23.9. The van der Waals surface area contributed by atoms with Crippen LogP contribution in [0.5, 0.6) is 11.5 Å². The first-order chi connectivity index (χ1) is 14.5. The number of rotatable bonds is 7. The Hall–Kier alpha value is -3.29. The fraction of sp³-hybridized carbons (Fsp3) is 0.200. The number of ether oxygens (including phenoxy) is 2. The maximum Gasteiger partial charge on any atom is 0.314 e. The standard InChI is InChI=1S/C25H22ClNO3/c1-17(2)24(18-11-13-20(26)14-12-18)25(28)29-16-19-7-6-10-23(22(19)15-27)30-21-8-4-3-5-9-21/h3-14,17,24H,16H2,1-2H3/t24-/m0/s1. The van der Waals surface area contributed by atoms with Crippen molar-refractivity contribution in [3.05, 3.63) is 94.5 Å². The minimum atomic E-state index is -0.420. The van der Waals surface area contributed by atoms with Crippen molar-refractivity contribution < 1.29 is 14.3 Å². The van der Waals surface area contributed by atoms with Crippen LogP contribution in [-0.4, -0.2) is 5.97 Å². The van der Waals surface area contributed by atoms with E-state index >= 15 is 0 Å². The van der Waals surface area contributed by atoms with Gasteiger partial charge in [-0.15, -0.1) is 0 Å². The fourth-order valence-electron chi connectivity index (χ4n) is 3.23. The Balaban J connectivity index is 1.77. The predicted octanol–water partition coefficient (Wildman–Crippen LogP) is 6.49. The number of carbonyl (C=O) groups is 1. The fourth-order valence-corrected chi connectivity index (χ4v) is 3.35. The van der Waals surface area contributed by atoms with E-state index in [1.165, 1.54) is 0 Å². The lowest BCUT2D eigenvalue weighted by molar-refractivity contribution is -0.148. The summed E-state index contributed by atoms with van der Waals surface area (Å²) in [6.45, 7) is 3.93. The number of para-hydroxylation sites is 1. The van der Waals surface area contributed by atoms with E-state index in [-0.39, 0.29) is 18.5 Å². The Bertz CT molecular complexity index is 1040. The van der Waals surface area contributed by atoms with Crippen LogP contribution in [0.25, 0.3) is 0 Å². The summed E-state index contributed by atoms with van der Waals surface area (Å²) in [6.07, 6.45) is 0. The highest BCUT2D eigenvalue weighted by molar-refractivity contribution is 6.30. The quantitative estimate of drug-likeness (QED) is 0.411. The molecule has 0 unspecified atom stereocenters. The van der Waals surface area contributed by atoms with E-state index in [0.29, 0.717) is 27.6 Å². The monoisotopic (exact) mass is 419 g/mol. The van der Waals surface area contributed by atoms with Crippen LogP contribution in [0.1, 0.15) is 36.5 Å². The molecule has 3 aromatic carbocycles. The van der Waals surface area contributed by atoms with Crippen molar-refractivity contribution in [3.8, 4) is 17.6 Å². The molecule has 0 spiro atoms. The number of nitriles is 1. The Labute approximate surface area is 181 Å². The zero-order valence-electron chi connectivity index (χ0n) is 16.8. The third-order valence-electron chi connectivity index (χ3n) is 4.71. The lowest BCUT2D eigenvalue weighted by Crippen LogP contribution is -2.21. The lowest BCUT2D eigenvalue weighted by Gasteiger charge is -2.20. The van der Waals surface area contributed by atoms with E-state index in [1.54, 1.807) is 30.3 Å². The van der Waals surface area contributed by atoms with Crippen LogP contribution in [0.2, 0.25) is 5.02 Å². The molecule has 0 aliphatic carbocycles. The van der Waals surface area contributed by atoms with Gasteiger partial charge in [0, 0.05) is 10.6 Å². The SMILES string of the molecule is CC(C)[C@H](C(=O)OCc1cccc(Oc2ccccc2)c1C#N)c1ccc(Cl)cc1. The Morgan fingerprint density at radius 2 is 1.70 bits per heavy atom. The molecule has 152 valence electrons. The predicted molar refractivity (Wildman–Crippen MR) is 117 cm³/mol. The first-order valence-corrected chi connectivity index (χ1v) is 10.0. The molecule has 0 radical (unpaired) electrons. The minimum absolute atomic E-state index is 0.00940. The van der Waals surface area contributed by atoms with Crippen LogP contribution in [0.15, 0.2) is 72.8 Å². The van der Waals surface area contributed by atoms with Crippen molar-refractivity contribution in [1.29, 1.82) is 5.26 Å². The van der Waals surface area contributed by atoms with Crippen LogP contribution < -0.4 is 4.74 Å². The van der Waals surface area contributed by atoms with E-state index in [0.717, 1.165) is 5.56 Å². The van der Waals surface area contributed by atoms with Gasteiger partial charge >= 0.3 is 5.97 Å². The van der Waals surface area contributed by atoms with E-state index in [4.69, 9.17) is 21.1 Å². The average Bonchev–Trinajstić information content (AvgIpc) is 2.74. The van der Waals surface area contributed by atoms with E-state index in [1.807, 2.05) is 56.3 Å². The average molecular weight is 420 g/mol. The maximum absolute atomic E-state index is 12.8. The maximum atomic E-state index is 12.8. The van der Waals surface area contributed by atoms with E-state index in [2.05, 4.69) is 6.07 Å². The third-order valence-corrected chi connectivity index (χ3v) is 4.97. The van der Waals surface area contributed by atoms with Gasteiger partial charge in [0.15, 0.2) is 0 Å². The van der Waals surface area contributed by atoms with Gasteiger partial charge in [-0.3, -0.25) is 4.79 Å². The highest BCUT2D eigenvalue weighted by Crippen LogP contribution is 2.30. The van der Waals surface area contributed by atoms with Crippen molar-refractivity contribution >= 4 is 17.6 Å². The normalized spacial score (nSPS) is 11.6. The molecule has 5 heteroatoms. The number of esters is 1. The highest BCUT2D eigenvalue weighted by Gasteiger charge is 2.26. The smallest absolute Gasteiger partial charge is 0.314 e. The topological polar surface area (TPSA) is 59.3 Å². The molecule has 0 fully saturated rings. The lowest BCUT2D eigenvalue weighted by atomic mass is 9.88. The minimum Gasteiger partial charge on any atom is -0.460 e. The molecular weight excluding hydrogens is 398 g/mol. The summed E-state index contributed by atoms with van der Waals surface area (Å²) in [5, 5.41) is 10.3. The second kappa shape index (κ2) is 9.96. The highest BCUT2D eigenvalue weighted by atomic mass is 35.5. The molecular formula is C25H22ClNO3. The third kappa shape index (κ3) is 5.20. The van der Waals surface area contributed by atoms with Gasteiger partial charge in [0.25, 0.3) is 0 Å². The van der Waals surface area contributed by atoms with Gasteiger partial charge in [0.05, 0.1) is 5.92 Å². The molecule has 0 aliphatic heterocycles. The Morgan fingerprint density at radius 3 is 2.33 bits per heavy atom. The molecule has 1 atom stereocenters. The second-order valence-corrected chi connectivity index (χ2v) is 7.63. The number of nitrogens with zero attached hydrogens (tertiary/aromatic N) is 1. The van der Waals surface area contributed by atoms with Crippen LogP contribution in [0.4, 0.5) is 0 Å². The van der Waals surface area contributed by atoms with Gasteiger partial charge in [-0.1, -0.05) is 67.9 Å². The molecule has 4 nitrogen and oxygen atoms in total. The molecule has 0 N–H and O–H groups in total. The molecule has 0 saturated carbocycles. The van der Waals surface area contributed by atoms with Gasteiger partial charge < -0.3 is 9.47 Å². The van der Waals surface area contributed by atoms with Crippen molar-refractivity contribution in [3.63, 3.8) is 0 Å². The second-order valence-electron chi connectivity index (χ2n) is 7.20. The number of hydrogen-bond acceptors (Lipinski definition) is 4. The van der Waals surface area contributed by atoms with Crippen LogP contribution in [-0.2, 0) is 16.1 Å². The molecule has 0 bridgehead atoms. The molecule has 0 amide bonds. The molecule has 0 heterocycles. The summed E-state index contributed by atoms with van der Waals surface area (Å²) in [7, 11) is 0. The van der Waals surface area contributed by atoms with Gasteiger partial charge in [0.2, 0.25) is 0 Å². The summed E-state index contributed by atoms with van der Waals surface area (Å²) in [4.78, 5) is 12.8. The zero-order valence-corrected chi connectivity index (χ0v) is 17.6. The molecule has 3 rings (SSSR count).